The molecule has 0 saturated heterocycles. The Bertz CT molecular complexity index is 733. The normalized spacial score (nSPS) is 47.8. The van der Waals surface area contributed by atoms with E-state index in [0.29, 0.717) is 16.7 Å². The second-order valence-electron chi connectivity index (χ2n) is 12.1. The second kappa shape index (κ2) is 7.62. The fourth-order valence-electron chi connectivity index (χ4n) is 8.37. The van der Waals surface area contributed by atoms with Crippen molar-refractivity contribution in [3.8, 4) is 0 Å². The van der Waals surface area contributed by atoms with E-state index in [1.165, 1.54) is 50.5 Å². The van der Waals surface area contributed by atoms with Crippen LogP contribution in [0.5, 0.6) is 0 Å². The van der Waals surface area contributed by atoms with E-state index in [-0.39, 0.29) is 6.10 Å². The van der Waals surface area contributed by atoms with E-state index in [9.17, 15) is 10.2 Å². The maximum Gasteiger partial charge on any atom is 0.101 e. The fraction of sp³-hybridized carbons (Fsp3) is 0.786. The summed E-state index contributed by atoms with van der Waals surface area (Å²) in [4.78, 5) is 0. The lowest BCUT2D eigenvalue weighted by molar-refractivity contribution is -0.124. The van der Waals surface area contributed by atoms with Crippen LogP contribution in [0.4, 0.5) is 0 Å². The van der Waals surface area contributed by atoms with Gasteiger partial charge in [-0.1, -0.05) is 38.7 Å². The molecule has 0 aliphatic heterocycles. The van der Waals surface area contributed by atoms with E-state index in [2.05, 4.69) is 33.1 Å². The molecule has 0 aromatic carbocycles. The summed E-state index contributed by atoms with van der Waals surface area (Å²) in [7, 11) is 0. The van der Waals surface area contributed by atoms with Gasteiger partial charge in [0.2, 0.25) is 0 Å². The first-order valence-electron chi connectivity index (χ1n) is 12.4. The van der Waals surface area contributed by atoms with Gasteiger partial charge in [-0.25, -0.2) is 0 Å². The second-order valence-corrected chi connectivity index (χ2v) is 12.1. The molecule has 0 spiro atoms. The largest absolute Gasteiger partial charge is 0.393 e. The Hall–Kier alpha value is -0.860. The van der Waals surface area contributed by atoms with Gasteiger partial charge in [-0.15, -0.1) is 0 Å². The smallest absolute Gasteiger partial charge is 0.101 e. The van der Waals surface area contributed by atoms with Crippen molar-refractivity contribution in [2.45, 2.75) is 97.2 Å². The summed E-state index contributed by atoms with van der Waals surface area (Å²) in [6.45, 7) is 17.2. The number of aliphatic hydroxyl groups excluding tert-OH is 1. The van der Waals surface area contributed by atoms with Crippen molar-refractivity contribution in [3.63, 3.8) is 0 Å². The predicted octanol–water partition coefficient (Wildman–Crippen LogP) is 6.45. The molecule has 4 aliphatic rings. The van der Waals surface area contributed by atoms with Gasteiger partial charge >= 0.3 is 0 Å². The van der Waals surface area contributed by atoms with Crippen LogP contribution in [0.2, 0.25) is 0 Å². The number of rotatable bonds is 4. The number of aliphatic hydroxyl groups is 2. The Labute approximate surface area is 184 Å². The molecule has 9 atom stereocenters. The van der Waals surface area contributed by atoms with Crippen LogP contribution in [0.1, 0.15) is 85.5 Å². The Morgan fingerprint density at radius 1 is 0.967 bits per heavy atom. The van der Waals surface area contributed by atoms with Gasteiger partial charge < -0.3 is 10.2 Å². The molecule has 30 heavy (non-hydrogen) atoms. The van der Waals surface area contributed by atoms with Crippen molar-refractivity contribution < 1.29 is 10.2 Å². The number of allylic oxidation sites excluding steroid dienone is 2. The van der Waals surface area contributed by atoms with Gasteiger partial charge in [0.1, 0.15) is 5.60 Å². The third-order valence-electron chi connectivity index (χ3n) is 10.6. The number of hydrogen-bond donors (Lipinski definition) is 2. The van der Waals surface area contributed by atoms with E-state index < -0.39 is 5.60 Å². The molecule has 0 bridgehead atoms. The van der Waals surface area contributed by atoms with Crippen LogP contribution in [0.25, 0.3) is 0 Å². The highest BCUT2D eigenvalue weighted by atomic mass is 16.3. The summed E-state index contributed by atoms with van der Waals surface area (Å²) >= 11 is 0. The third-order valence-corrected chi connectivity index (χ3v) is 10.6. The van der Waals surface area contributed by atoms with Gasteiger partial charge in [0, 0.05) is 0 Å². The molecule has 1 unspecified atom stereocenters. The summed E-state index contributed by atoms with van der Waals surface area (Å²) in [5, 5.41) is 20.8. The highest BCUT2D eigenvalue weighted by Crippen LogP contribution is 2.68. The Morgan fingerprint density at radius 2 is 1.63 bits per heavy atom. The first-order chi connectivity index (χ1) is 14.0. The van der Waals surface area contributed by atoms with Crippen molar-refractivity contribution in [2.75, 3.05) is 0 Å². The van der Waals surface area contributed by atoms with Crippen LogP contribution in [-0.2, 0) is 0 Å². The van der Waals surface area contributed by atoms with Crippen LogP contribution >= 0.6 is 0 Å². The number of hydrogen-bond acceptors (Lipinski definition) is 2. The van der Waals surface area contributed by atoms with Gasteiger partial charge in [-0.2, -0.15) is 0 Å². The summed E-state index contributed by atoms with van der Waals surface area (Å²) in [6, 6.07) is 0. The van der Waals surface area contributed by atoms with Gasteiger partial charge in [0.25, 0.3) is 0 Å². The van der Waals surface area contributed by atoms with Crippen molar-refractivity contribution >= 4 is 0 Å². The fourth-order valence-corrected chi connectivity index (χ4v) is 8.37. The molecule has 4 rings (SSSR count). The summed E-state index contributed by atoms with van der Waals surface area (Å²) in [6.07, 6.45) is 15.1. The Kier molecular flexibility index (Phi) is 5.68. The highest BCUT2D eigenvalue weighted by Gasteiger charge is 2.60. The van der Waals surface area contributed by atoms with E-state index in [1.807, 2.05) is 19.9 Å². The first-order valence-corrected chi connectivity index (χ1v) is 12.4. The molecule has 4 aliphatic carbocycles. The van der Waals surface area contributed by atoms with E-state index in [0.717, 1.165) is 42.1 Å². The van der Waals surface area contributed by atoms with Crippen LogP contribution in [-0.4, -0.2) is 21.9 Å². The summed E-state index contributed by atoms with van der Waals surface area (Å²) in [5.74, 6) is 3.75. The molecule has 0 amide bonds. The first kappa shape index (κ1) is 22.3. The van der Waals surface area contributed by atoms with Crippen LogP contribution in [0.3, 0.4) is 0 Å². The molecule has 168 valence electrons. The van der Waals surface area contributed by atoms with E-state index in [4.69, 9.17) is 0 Å². The molecule has 4 fully saturated rings. The average Bonchev–Trinajstić information content (AvgIpc) is 3.04. The van der Waals surface area contributed by atoms with Crippen molar-refractivity contribution in [1.29, 1.82) is 0 Å². The monoisotopic (exact) mass is 412 g/mol. The maximum atomic E-state index is 10.5. The molecular formula is C28H44O2. The summed E-state index contributed by atoms with van der Waals surface area (Å²) in [5.41, 5.74) is 1.79. The molecule has 2 nitrogen and oxygen atoms in total. The zero-order valence-corrected chi connectivity index (χ0v) is 19.8. The predicted molar refractivity (Wildman–Crippen MR) is 125 cm³/mol. The minimum Gasteiger partial charge on any atom is -0.393 e. The number of fused-ring (bicyclic) bond motifs is 5. The van der Waals surface area contributed by atoms with Crippen molar-refractivity contribution in [2.24, 2.45) is 40.4 Å². The van der Waals surface area contributed by atoms with Crippen LogP contribution in [0.15, 0.2) is 36.5 Å². The van der Waals surface area contributed by atoms with Gasteiger partial charge in [-0.05, 0) is 124 Å². The average molecular weight is 413 g/mol. The molecular weight excluding hydrogens is 368 g/mol. The molecule has 0 aromatic heterocycles. The van der Waals surface area contributed by atoms with Gasteiger partial charge in [-0.3, -0.25) is 0 Å². The minimum atomic E-state index is -0.960. The molecule has 2 heteroatoms. The zero-order valence-electron chi connectivity index (χ0n) is 19.8. The minimum absolute atomic E-state index is 0.0594. The van der Waals surface area contributed by atoms with Crippen molar-refractivity contribution in [3.05, 3.63) is 36.5 Å². The lowest BCUT2D eigenvalue weighted by atomic mass is 9.44. The third kappa shape index (κ3) is 3.47. The van der Waals surface area contributed by atoms with Crippen LogP contribution in [0, 0.1) is 40.4 Å². The van der Waals surface area contributed by atoms with Gasteiger partial charge in [0.05, 0.1) is 6.10 Å². The molecule has 4 saturated carbocycles. The van der Waals surface area contributed by atoms with Gasteiger partial charge in [0.15, 0.2) is 0 Å². The summed E-state index contributed by atoms with van der Waals surface area (Å²) < 4.78 is 0. The maximum absolute atomic E-state index is 10.5. The molecule has 2 N–H and O–H groups in total. The Morgan fingerprint density at radius 3 is 2.33 bits per heavy atom. The highest BCUT2D eigenvalue weighted by molar-refractivity contribution is 5.29. The standard InChI is InChI=1S/C28H44O2/c1-18(2)28(6,30)16-11-19(3)23-9-10-24-22-8-7-20-17-21(29)12-14-26(20,4)25(22)13-15-27(23,24)5/h11,16,20-25,29-30H,1,3,7-10,12-15,17H2,2,4-6H3/t20?,21-,22-,23+,24-,25-,26-,27+,28+/m0/s1. The SMILES string of the molecule is C=C(C=C[C@@](C)(O)C(=C)C)[C@H]1CC[C@H]2[C@@H]3CCC4C[C@@H](O)CC[C@]4(C)[C@H]3CC[C@]12C. The lowest BCUT2D eigenvalue weighted by Gasteiger charge is -2.61. The molecule has 0 radical (unpaired) electrons. The zero-order chi connectivity index (χ0) is 21.9. The van der Waals surface area contributed by atoms with Crippen molar-refractivity contribution in [1.82, 2.24) is 0 Å². The lowest BCUT2D eigenvalue weighted by Crippen LogP contribution is -2.54. The van der Waals surface area contributed by atoms with Crippen LogP contribution < -0.4 is 0 Å². The molecule has 0 heterocycles. The topological polar surface area (TPSA) is 40.5 Å². The quantitative estimate of drug-likeness (QED) is 0.412. The Balaban J connectivity index is 1.52. The molecule has 0 aromatic rings. The van der Waals surface area contributed by atoms with E-state index >= 15 is 0 Å². The van der Waals surface area contributed by atoms with E-state index in [1.54, 1.807) is 0 Å².